The van der Waals surface area contributed by atoms with Gasteiger partial charge in [-0.25, -0.2) is 0 Å². The number of fused-ring (bicyclic) bond motifs is 1. The number of phenols is 1. The zero-order chi connectivity index (χ0) is 8.72. The molecule has 1 aromatic carbocycles. The fourth-order valence-electron chi connectivity index (χ4n) is 1.31. The number of phenolic OH excluding ortho intramolecular Hbond substituents is 1. The van der Waals surface area contributed by atoms with E-state index < -0.39 is 0 Å². The van der Waals surface area contributed by atoms with Crippen LogP contribution < -0.4 is 0 Å². The van der Waals surface area contributed by atoms with E-state index in [0.717, 1.165) is 10.9 Å². The summed E-state index contributed by atoms with van der Waals surface area (Å²) in [5.74, 6) is 0.273. The Kier molecular flexibility index (Phi) is 1.51. The monoisotopic (exact) mass is 181 g/mol. The van der Waals surface area contributed by atoms with Gasteiger partial charge in [0.2, 0.25) is 0 Å². The molecule has 0 saturated carbocycles. The van der Waals surface area contributed by atoms with E-state index in [1.54, 1.807) is 18.2 Å². The fourth-order valence-corrected chi connectivity index (χ4v) is 1.51. The summed E-state index contributed by atoms with van der Waals surface area (Å²) in [4.78, 5) is 0. The molecule has 0 spiro atoms. The molecule has 0 aliphatic rings. The van der Waals surface area contributed by atoms with E-state index in [1.165, 1.54) is 0 Å². The van der Waals surface area contributed by atoms with Crippen LogP contribution in [-0.4, -0.2) is 9.67 Å². The van der Waals surface area contributed by atoms with Gasteiger partial charge in [-0.2, -0.15) is 0 Å². The van der Waals surface area contributed by atoms with Gasteiger partial charge in [0.25, 0.3) is 0 Å². The maximum atomic E-state index is 9.44. The molecule has 1 heterocycles. The molecule has 0 bridgehead atoms. The summed E-state index contributed by atoms with van der Waals surface area (Å²) in [5, 5.41) is 10.9. The van der Waals surface area contributed by atoms with Crippen LogP contribution in [0.25, 0.3) is 10.9 Å². The Morgan fingerprint density at radius 1 is 1.42 bits per heavy atom. The lowest BCUT2D eigenvalue weighted by Crippen LogP contribution is -1.84. The number of hydrogen-bond donors (Lipinski definition) is 1. The van der Waals surface area contributed by atoms with Gasteiger partial charge in [-0.1, -0.05) is 17.7 Å². The highest BCUT2D eigenvalue weighted by molar-refractivity contribution is 6.31. The maximum absolute atomic E-state index is 9.44. The molecular formula is C9H8ClNO. The first kappa shape index (κ1) is 7.50. The first-order chi connectivity index (χ1) is 5.70. The van der Waals surface area contributed by atoms with Crippen molar-refractivity contribution in [2.24, 2.45) is 7.05 Å². The van der Waals surface area contributed by atoms with Crippen LogP contribution in [0.2, 0.25) is 5.15 Å². The molecule has 62 valence electrons. The quantitative estimate of drug-likeness (QED) is 0.664. The van der Waals surface area contributed by atoms with Crippen molar-refractivity contribution in [3.63, 3.8) is 0 Å². The Morgan fingerprint density at radius 3 is 2.83 bits per heavy atom. The summed E-state index contributed by atoms with van der Waals surface area (Å²) in [7, 11) is 1.87. The molecular weight excluding hydrogens is 174 g/mol. The molecule has 0 radical (unpaired) electrons. The van der Waals surface area contributed by atoms with Crippen LogP contribution in [0.15, 0.2) is 24.3 Å². The first-order valence-electron chi connectivity index (χ1n) is 3.63. The van der Waals surface area contributed by atoms with Gasteiger partial charge in [-0.05, 0) is 18.2 Å². The first-order valence-corrected chi connectivity index (χ1v) is 4.01. The zero-order valence-electron chi connectivity index (χ0n) is 6.58. The Morgan fingerprint density at radius 2 is 2.17 bits per heavy atom. The molecule has 0 atom stereocenters. The van der Waals surface area contributed by atoms with Crippen LogP contribution >= 0.6 is 11.6 Å². The molecule has 2 nitrogen and oxygen atoms in total. The van der Waals surface area contributed by atoms with Gasteiger partial charge in [-0.3, -0.25) is 0 Å². The Hall–Kier alpha value is -1.15. The molecule has 0 aliphatic heterocycles. The summed E-state index contributed by atoms with van der Waals surface area (Å²) in [5.41, 5.74) is 0.944. The number of aromatic hydroxyl groups is 1. The van der Waals surface area contributed by atoms with E-state index in [9.17, 15) is 5.11 Å². The predicted molar refractivity (Wildman–Crippen MR) is 49.6 cm³/mol. The minimum atomic E-state index is 0.273. The molecule has 0 unspecified atom stereocenters. The standard InChI is InChI=1S/C9H8ClNO/c1-11-7-3-2-4-8(12)6(7)5-9(11)10/h2-5,12H,1H3. The van der Waals surface area contributed by atoms with Crippen molar-refractivity contribution in [1.82, 2.24) is 4.57 Å². The lowest BCUT2D eigenvalue weighted by atomic mass is 10.2. The lowest BCUT2D eigenvalue weighted by molar-refractivity contribution is 0.481. The van der Waals surface area contributed by atoms with Gasteiger partial charge in [0.05, 0.1) is 5.52 Å². The number of nitrogens with zero attached hydrogens (tertiary/aromatic N) is 1. The maximum Gasteiger partial charge on any atom is 0.125 e. The van der Waals surface area contributed by atoms with E-state index in [4.69, 9.17) is 11.6 Å². The smallest absolute Gasteiger partial charge is 0.125 e. The third-order valence-corrected chi connectivity index (χ3v) is 2.37. The second-order valence-electron chi connectivity index (χ2n) is 2.74. The molecule has 0 amide bonds. The molecule has 2 aromatic rings. The van der Waals surface area contributed by atoms with Crippen molar-refractivity contribution < 1.29 is 5.11 Å². The minimum absolute atomic E-state index is 0.273. The molecule has 1 N–H and O–H groups in total. The van der Waals surface area contributed by atoms with Crippen LogP contribution in [0, 0.1) is 0 Å². The van der Waals surface area contributed by atoms with Crippen LogP contribution in [0.4, 0.5) is 0 Å². The summed E-state index contributed by atoms with van der Waals surface area (Å²) < 4.78 is 1.83. The lowest BCUT2D eigenvalue weighted by Gasteiger charge is -1.97. The number of halogens is 1. The molecule has 1 aromatic heterocycles. The number of hydrogen-bond acceptors (Lipinski definition) is 1. The van der Waals surface area contributed by atoms with E-state index in [0.29, 0.717) is 5.15 Å². The minimum Gasteiger partial charge on any atom is -0.507 e. The van der Waals surface area contributed by atoms with Gasteiger partial charge in [0, 0.05) is 12.4 Å². The van der Waals surface area contributed by atoms with Crippen molar-refractivity contribution in [1.29, 1.82) is 0 Å². The van der Waals surface area contributed by atoms with Crippen LogP contribution in [0.5, 0.6) is 5.75 Å². The molecule has 3 heteroatoms. The van der Waals surface area contributed by atoms with Crippen molar-refractivity contribution in [3.8, 4) is 5.75 Å². The van der Waals surface area contributed by atoms with Gasteiger partial charge in [0.1, 0.15) is 10.9 Å². The van der Waals surface area contributed by atoms with Gasteiger partial charge in [-0.15, -0.1) is 0 Å². The largest absolute Gasteiger partial charge is 0.507 e. The topological polar surface area (TPSA) is 25.2 Å². The summed E-state index contributed by atoms with van der Waals surface area (Å²) in [6.45, 7) is 0. The van der Waals surface area contributed by atoms with E-state index in [1.807, 2.05) is 17.7 Å². The summed E-state index contributed by atoms with van der Waals surface area (Å²) in [6, 6.07) is 7.12. The number of rotatable bonds is 0. The van der Waals surface area contributed by atoms with Crippen LogP contribution in [0.1, 0.15) is 0 Å². The molecule has 0 aliphatic carbocycles. The molecule has 2 rings (SSSR count). The SMILES string of the molecule is Cn1c(Cl)cc2c(O)cccc21. The van der Waals surface area contributed by atoms with Crippen molar-refractivity contribution >= 4 is 22.5 Å². The highest BCUT2D eigenvalue weighted by atomic mass is 35.5. The highest BCUT2D eigenvalue weighted by Crippen LogP contribution is 2.28. The Bertz CT molecular complexity index is 433. The number of aryl methyl sites for hydroxylation is 1. The zero-order valence-corrected chi connectivity index (χ0v) is 7.34. The second kappa shape index (κ2) is 2.42. The van der Waals surface area contributed by atoms with E-state index in [2.05, 4.69) is 0 Å². The molecule has 12 heavy (non-hydrogen) atoms. The summed E-state index contributed by atoms with van der Waals surface area (Å²) in [6.07, 6.45) is 0. The number of benzene rings is 1. The second-order valence-corrected chi connectivity index (χ2v) is 3.12. The normalized spacial score (nSPS) is 10.8. The third-order valence-electron chi connectivity index (χ3n) is 2.01. The molecule has 0 fully saturated rings. The molecule has 0 saturated heterocycles. The summed E-state index contributed by atoms with van der Waals surface area (Å²) >= 11 is 5.88. The predicted octanol–water partition coefficient (Wildman–Crippen LogP) is 2.54. The Balaban J connectivity index is 2.95. The van der Waals surface area contributed by atoms with Gasteiger partial charge >= 0.3 is 0 Å². The van der Waals surface area contributed by atoms with Crippen molar-refractivity contribution in [2.45, 2.75) is 0 Å². The van der Waals surface area contributed by atoms with Crippen molar-refractivity contribution in [2.75, 3.05) is 0 Å². The Labute approximate surface area is 75.0 Å². The van der Waals surface area contributed by atoms with Gasteiger partial charge in [0.15, 0.2) is 0 Å². The average molecular weight is 182 g/mol. The average Bonchev–Trinajstić information content (AvgIpc) is 2.32. The van der Waals surface area contributed by atoms with E-state index in [-0.39, 0.29) is 5.75 Å². The fraction of sp³-hybridized carbons (Fsp3) is 0.111. The van der Waals surface area contributed by atoms with Crippen molar-refractivity contribution in [3.05, 3.63) is 29.4 Å². The highest BCUT2D eigenvalue weighted by Gasteiger charge is 2.05. The van der Waals surface area contributed by atoms with Gasteiger partial charge < -0.3 is 9.67 Å². The van der Waals surface area contributed by atoms with E-state index >= 15 is 0 Å². The van der Waals surface area contributed by atoms with Crippen LogP contribution in [0.3, 0.4) is 0 Å². The van der Waals surface area contributed by atoms with Crippen LogP contribution in [-0.2, 0) is 7.05 Å². The third kappa shape index (κ3) is 0.883. The number of aromatic nitrogens is 1.